The van der Waals surface area contributed by atoms with Crippen LogP contribution in [0.25, 0.3) is 0 Å². The fourth-order valence-electron chi connectivity index (χ4n) is 1.29. The molecule has 0 aliphatic carbocycles. The van der Waals surface area contributed by atoms with Crippen LogP contribution < -0.4 is 5.32 Å². The maximum Gasteiger partial charge on any atom is 0.329 e. The number of carbonyl (C=O) groups excluding carboxylic acids is 1. The summed E-state index contributed by atoms with van der Waals surface area (Å²) in [5.41, 5.74) is -1.31. The lowest BCUT2D eigenvalue weighted by Gasteiger charge is -2.24. The van der Waals surface area contributed by atoms with Gasteiger partial charge in [-0.1, -0.05) is 13.3 Å². The fraction of sp³-hybridized carbons (Fsp3) is 0.625. The first kappa shape index (κ1) is 12.1. The van der Waals surface area contributed by atoms with E-state index in [0.717, 1.165) is 0 Å². The number of carboxylic acids is 1. The van der Waals surface area contributed by atoms with Crippen LogP contribution in [0.5, 0.6) is 0 Å². The molecule has 1 aromatic heterocycles. The molecule has 1 rings (SSSR count). The van der Waals surface area contributed by atoms with E-state index in [2.05, 4.69) is 25.9 Å². The topological polar surface area (TPSA) is 121 Å². The first-order chi connectivity index (χ1) is 7.49. The van der Waals surface area contributed by atoms with Crippen molar-refractivity contribution in [3.63, 3.8) is 0 Å². The number of tetrazole rings is 1. The second-order valence-electron chi connectivity index (χ2n) is 3.58. The van der Waals surface area contributed by atoms with Crippen molar-refractivity contribution in [2.24, 2.45) is 0 Å². The van der Waals surface area contributed by atoms with E-state index in [1.165, 1.54) is 6.92 Å². The van der Waals surface area contributed by atoms with E-state index in [4.69, 9.17) is 5.11 Å². The van der Waals surface area contributed by atoms with Gasteiger partial charge in [-0.2, -0.15) is 5.21 Å². The smallest absolute Gasteiger partial charge is 0.329 e. The lowest BCUT2D eigenvalue weighted by Crippen LogP contribution is -2.52. The van der Waals surface area contributed by atoms with Crippen molar-refractivity contribution >= 4 is 11.9 Å². The average molecular weight is 227 g/mol. The van der Waals surface area contributed by atoms with Crippen LogP contribution in [0.3, 0.4) is 0 Å². The number of rotatable bonds is 5. The summed E-state index contributed by atoms with van der Waals surface area (Å²) in [6, 6.07) is 0. The molecule has 88 valence electrons. The van der Waals surface area contributed by atoms with E-state index in [0.29, 0.717) is 12.8 Å². The molecule has 1 heterocycles. The number of aromatic amines is 1. The highest BCUT2D eigenvalue weighted by molar-refractivity contribution is 5.94. The molecule has 8 heteroatoms. The fourth-order valence-corrected chi connectivity index (χ4v) is 1.29. The molecule has 0 fully saturated rings. The molecule has 0 aliphatic heterocycles. The third kappa shape index (κ3) is 2.53. The summed E-state index contributed by atoms with van der Waals surface area (Å²) in [6.45, 7) is 3.28. The molecule has 1 unspecified atom stereocenters. The predicted octanol–water partition coefficient (Wildman–Crippen LogP) is -0.427. The molecule has 0 aromatic carbocycles. The highest BCUT2D eigenvalue weighted by Gasteiger charge is 2.34. The number of nitrogens with one attached hydrogen (secondary N) is 2. The Morgan fingerprint density at radius 1 is 1.56 bits per heavy atom. The Hall–Kier alpha value is -1.99. The van der Waals surface area contributed by atoms with Gasteiger partial charge in [0.1, 0.15) is 5.54 Å². The van der Waals surface area contributed by atoms with Crippen molar-refractivity contribution in [3.8, 4) is 0 Å². The normalized spacial score (nSPS) is 14.1. The van der Waals surface area contributed by atoms with Crippen LogP contribution in [0.2, 0.25) is 0 Å². The minimum Gasteiger partial charge on any atom is -0.480 e. The Morgan fingerprint density at radius 2 is 2.25 bits per heavy atom. The third-order valence-electron chi connectivity index (χ3n) is 2.16. The van der Waals surface area contributed by atoms with Gasteiger partial charge in [-0.25, -0.2) is 4.79 Å². The summed E-state index contributed by atoms with van der Waals surface area (Å²) >= 11 is 0. The third-order valence-corrected chi connectivity index (χ3v) is 2.16. The zero-order chi connectivity index (χ0) is 12.2. The first-order valence-corrected chi connectivity index (χ1v) is 4.79. The number of hydrogen-bond acceptors (Lipinski definition) is 5. The number of H-pyrrole nitrogens is 1. The number of hydrogen-bond donors (Lipinski definition) is 3. The maximum absolute atomic E-state index is 11.5. The van der Waals surface area contributed by atoms with Gasteiger partial charge >= 0.3 is 5.97 Å². The predicted molar refractivity (Wildman–Crippen MR) is 52.6 cm³/mol. The molecule has 1 atom stereocenters. The van der Waals surface area contributed by atoms with Crippen LogP contribution in [0, 0.1) is 0 Å². The van der Waals surface area contributed by atoms with E-state index in [-0.39, 0.29) is 5.82 Å². The Labute approximate surface area is 91.4 Å². The van der Waals surface area contributed by atoms with Crippen LogP contribution in [0.4, 0.5) is 0 Å². The van der Waals surface area contributed by atoms with E-state index in [9.17, 15) is 9.59 Å². The zero-order valence-electron chi connectivity index (χ0n) is 9.02. The van der Waals surface area contributed by atoms with E-state index in [1.54, 1.807) is 0 Å². The van der Waals surface area contributed by atoms with Gasteiger partial charge in [0.15, 0.2) is 0 Å². The summed E-state index contributed by atoms with van der Waals surface area (Å²) in [5.74, 6) is -1.93. The maximum atomic E-state index is 11.5. The van der Waals surface area contributed by atoms with Gasteiger partial charge < -0.3 is 10.4 Å². The van der Waals surface area contributed by atoms with Crippen LogP contribution in [0.1, 0.15) is 37.3 Å². The summed E-state index contributed by atoms with van der Waals surface area (Å²) in [7, 11) is 0. The van der Waals surface area contributed by atoms with Crippen LogP contribution in [-0.2, 0) is 4.79 Å². The number of carbonyl (C=O) groups is 2. The van der Waals surface area contributed by atoms with Crippen molar-refractivity contribution < 1.29 is 14.7 Å². The van der Waals surface area contributed by atoms with Crippen LogP contribution in [-0.4, -0.2) is 43.1 Å². The van der Waals surface area contributed by atoms with Crippen LogP contribution in [0.15, 0.2) is 0 Å². The lowest BCUT2D eigenvalue weighted by molar-refractivity contribution is -0.144. The van der Waals surface area contributed by atoms with Crippen molar-refractivity contribution in [3.05, 3.63) is 5.82 Å². The molecule has 0 radical (unpaired) electrons. The molecule has 16 heavy (non-hydrogen) atoms. The van der Waals surface area contributed by atoms with Crippen molar-refractivity contribution in [1.82, 2.24) is 25.9 Å². The summed E-state index contributed by atoms with van der Waals surface area (Å²) in [6.07, 6.45) is 0.960. The number of aromatic nitrogens is 4. The molecular weight excluding hydrogens is 214 g/mol. The highest BCUT2D eigenvalue weighted by Crippen LogP contribution is 2.12. The monoisotopic (exact) mass is 227 g/mol. The van der Waals surface area contributed by atoms with E-state index < -0.39 is 17.4 Å². The largest absolute Gasteiger partial charge is 0.480 e. The molecule has 1 aromatic rings. The number of nitrogens with zero attached hydrogens (tertiary/aromatic N) is 3. The SMILES string of the molecule is CCCC(C)(NC(=O)c1nn[nH]n1)C(=O)O. The molecule has 8 nitrogen and oxygen atoms in total. The second kappa shape index (κ2) is 4.69. The summed E-state index contributed by atoms with van der Waals surface area (Å²) < 4.78 is 0. The highest BCUT2D eigenvalue weighted by atomic mass is 16.4. The molecule has 3 N–H and O–H groups in total. The Bertz CT molecular complexity index is 377. The number of aliphatic carboxylic acids is 1. The number of amides is 1. The van der Waals surface area contributed by atoms with E-state index >= 15 is 0 Å². The molecule has 0 spiro atoms. The molecular formula is C8H13N5O3. The van der Waals surface area contributed by atoms with Gasteiger partial charge in [0.05, 0.1) is 0 Å². The Morgan fingerprint density at radius 3 is 2.69 bits per heavy atom. The van der Waals surface area contributed by atoms with Gasteiger partial charge in [0, 0.05) is 0 Å². The van der Waals surface area contributed by atoms with Gasteiger partial charge in [-0.3, -0.25) is 4.79 Å². The summed E-state index contributed by atoms with van der Waals surface area (Å²) in [5, 5.41) is 23.7. The number of carboxylic acid groups (broad SMARTS) is 1. The Balaban J connectivity index is 2.77. The second-order valence-corrected chi connectivity index (χ2v) is 3.58. The first-order valence-electron chi connectivity index (χ1n) is 4.79. The minimum atomic E-state index is -1.31. The van der Waals surface area contributed by atoms with Crippen LogP contribution >= 0.6 is 0 Å². The van der Waals surface area contributed by atoms with E-state index in [1.807, 2.05) is 6.92 Å². The lowest BCUT2D eigenvalue weighted by atomic mass is 9.96. The molecule has 1 amide bonds. The summed E-state index contributed by atoms with van der Waals surface area (Å²) in [4.78, 5) is 22.6. The van der Waals surface area contributed by atoms with Gasteiger partial charge in [0.25, 0.3) is 11.7 Å². The zero-order valence-corrected chi connectivity index (χ0v) is 9.02. The average Bonchev–Trinajstić information content (AvgIpc) is 2.70. The van der Waals surface area contributed by atoms with Crippen molar-refractivity contribution in [1.29, 1.82) is 0 Å². The van der Waals surface area contributed by atoms with Gasteiger partial charge in [-0.05, 0) is 18.6 Å². The minimum absolute atomic E-state index is 0.177. The molecule has 0 saturated heterocycles. The molecule has 0 saturated carbocycles. The Kier molecular flexibility index (Phi) is 3.54. The quantitative estimate of drug-likeness (QED) is 0.627. The molecule has 0 bridgehead atoms. The van der Waals surface area contributed by atoms with Crippen molar-refractivity contribution in [2.75, 3.05) is 0 Å². The molecule has 0 aliphatic rings. The van der Waals surface area contributed by atoms with Gasteiger partial charge in [-0.15, -0.1) is 10.2 Å². The van der Waals surface area contributed by atoms with Crippen molar-refractivity contribution in [2.45, 2.75) is 32.2 Å². The van der Waals surface area contributed by atoms with Gasteiger partial charge in [0.2, 0.25) is 0 Å². The standard InChI is InChI=1S/C8H13N5O3/c1-3-4-8(2,7(15)16)9-6(14)5-10-12-13-11-5/h3-4H2,1-2H3,(H,9,14)(H,15,16)(H,10,11,12,13).